The van der Waals surface area contributed by atoms with Crippen LogP contribution in [0.15, 0.2) is 12.2 Å². The molecule has 2 saturated heterocycles. The normalized spacial score (nSPS) is 26.1. The summed E-state index contributed by atoms with van der Waals surface area (Å²) in [5.41, 5.74) is -0.652. The first-order valence-corrected chi connectivity index (χ1v) is 22.7. The number of nitrogens with one attached hydrogen (secondary N) is 4. The molecule has 12 nitrogen and oxygen atoms in total. The Kier molecular flexibility index (Phi) is 16.2. The first kappa shape index (κ1) is 47.4. The summed E-state index contributed by atoms with van der Waals surface area (Å²) in [5.74, 6) is -2.91. The molecule has 5 amide bonds. The van der Waals surface area contributed by atoms with Gasteiger partial charge in [0.25, 0.3) is 5.91 Å². The van der Waals surface area contributed by atoms with Gasteiger partial charge in [0.2, 0.25) is 29.4 Å². The highest BCUT2D eigenvalue weighted by Crippen LogP contribution is 2.58. The molecule has 0 unspecified atom stereocenters. The summed E-state index contributed by atoms with van der Waals surface area (Å²) in [7, 11) is 0. The topological polar surface area (TPSA) is 157 Å². The summed E-state index contributed by atoms with van der Waals surface area (Å²) in [5, 5.41) is 11.9. The lowest BCUT2D eigenvalue weighted by atomic mass is 9.59. The van der Waals surface area contributed by atoms with E-state index in [4.69, 9.17) is 0 Å². The maximum Gasteiger partial charge on any atom is 0.289 e. The number of nitrogens with zero attached hydrogens (tertiary/aromatic N) is 2. The van der Waals surface area contributed by atoms with Gasteiger partial charge in [0.1, 0.15) is 18.1 Å². The zero-order valence-electron chi connectivity index (χ0n) is 37.7. The minimum atomic E-state index is -1.05. The van der Waals surface area contributed by atoms with Crippen LogP contribution in [0.3, 0.4) is 0 Å². The largest absolute Gasteiger partial charge is 0.347 e. The predicted octanol–water partition coefficient (Wildman–Crippen LogP) is 5.97. The molecular formula is C46H78N6O6. The van der Waals surface area contributed by atoms with Gasteiger partial charge in [0.05, 0.1) is 12.1 Å². The lowest BCUT2D eigenvalue weighted by molar-refractivity contribution is -0.146. The SMILES string of the molecule is C=C1CCCCC(C)(C)[C@]12C[C@@H](C(=O)N[C@@H](CCC)C(=O)C(=O)NC(C)C)N(C(=O)[C@@H](NC(=O)[C@@H](NC(=O)[C@@H]1CCCCN1C(C)C)C1CCCCC1)C(C)(C)C)C2. The lowest BCUT2D eigenvalue weighted by Gasteiger charge is -2.45. The van der Waals surface area contributed by atoms with Gasteiger partial charge in [-0.05, 0) is 109 Å². The second-order valence-corrected chi connectivity index (χ2v) is 20.3. The average molecular weight is 811 g/mol. The molecule has 1 spiro atoms. The van der Waals surface area contributed by atoms with Gasteiger partial charge in [0, 0.05) is 24.0 Å². The van der Waals surface area contributed by atoms with Crippen LogP contribution in [0.25, 0.3) is 0 Å². The van der Waals surface area contributed by atoms with Gasteiger partial charge in [-0.15, -0.1) is 0 Å². The van der Waals surface area contributed by atoms with E-state index in [0.29, 0.717) is 12.8 Å². The van der Waals surface area contributed by atoms with E-state index in [1.165, 1.54) is 0 Å². The van der Waals surface area contributed by atoms with E-state index in [0.717, 1.165) is 89.2 Å². The molecule has 2 aliphatic heterocycles. The third-order valence-electron chi connectivity index (χ3n) is 13.9. The minimum absolute atomic E-state index is 0.0610. The van der Waals surface area contributed by atoms with Gasteiger partial charge in [-0.25, -0.2) is 0 Å². The maximum absolute atomic E-state index is 15.3. The van der Waals surface area contributed by atoms with Crippen LogP contribution in [0, 0.1) is 22.2 Å². The van der Waals surface area contributed by atoms with Crippen LogP contribution in [0.4, 0.5) is 0 Å². The summed E-state index contributed by atoms with van der Waals surface area (Å²) in [6.07, 6.45) is 12.2. The fourth-order valence-corrected chi connectivity index (χ4v) is 10.3. The Morgan fingerprint density at radius 1 is 0.810 bits per heavy atom. The third kappa shape index (κ3) is 10.9. The molecule has 58 heavy (non-hydrogen) atoms. The van der Waals surface area contributed by atoms with Crippen molar-refractivity contribution in [2.75, 3.05) is 13.1 Å². The van der Waals surface area contributed by atoms with Crippen LogP contribution in [0.2, 0.25) is 0 Å². The van der Waals surface area contributed by atoms with Gasteiger partial charge in [0.15, 0.2) is 0 Å². The van der Waals surface area contributed by atoms with Crippen molar-refractivity contribution in [2.24, 2.45) is 22.2 Å². The molecule has 0 aromatic rings. The van der Waals surface area contributed by atoms with E-state index in [1.807, 2.05) is 27.7 Å². The number of piperidine rings is 1. The molecule has 0 bridgehead atoms. The van der Waals surface area contributed by atoms with Crippen LogP contribution >= 0.6 is 0 Å². The van der Waals surface area contributed by atoms with Gasteiger partial charge >= 0.3 is 0 Å². The van der Waals surface area contributed by atoms with Crippen molar-refractivity contribution in [1.82, 2.24) is 31.1 Å². The summed E-state index contributed by atoms with van der Waals surface area (Å²) >= 11 is 0. The number of hydrogen-bond donors (Lipinski definition) is 4. The average Bonchev–Trinajstić information content (AvgIpc) is 3.55. The van der Waals surface area contributed by atoms with Crippen LogP contribution in [0.1, 0.15) is 166 Å². The Balaban J connectivity index is 1.70. The zero-order valence-corrected chi connectivity index (χ0v) is 37.7. The molecule has 4 fully saturated rings. The molecule has 328 valence electrons. The van der Waals surface area contributed by atoms with E-state index in [2.05, 4.69) is 60.4 Å². The summed E-state index contributed by atoms with van der Waals surface area (Å²) in [6.45, 7) is 25.4. The Morgan fingerprint density at radius 2 is 1.45 bits per heavy atom. The van der Waals surface area contributed by atoms with Crippen LogP contribution in [0.5, 0.6) is 0 Å². The molecule has 6 atom stereocenters. The van der Waals surface area contributed by atoms with Crippen LogP contribution < -0.4 is 21.3 Å². The number of amides is 5. The predicted molar refractivity (Wildman–Crippen MR) is 228 cm³/mol. The monoisotopic (exact) mass is 811 g/mol. The summed E-state index contributed by atoms with van der Waals surface area (Å²) in [4.78, 5) is 88.9. The van der Waals surface area contributed by atoms with Crippen LogP contribution in [-0.4, -0.2) is 101 Å². The Morgan fingerprint density at radius 3 is 2.05 bits per heavy atom. The number of carbonyl (C=O) groups is 6. The standard InChI is InChI=1S/C46H78N6O6/c1-12-20-33(37(53)42(57)47-29(2)3)48-40(55)35-27-46(31(6)21-16-18-25-45(46,10)11)28-52(35)43(58)38(44(7,8)9)50-41(56)36(32-22-14-13-15-23-32)49-39(54)34-24-17-19-26-51(34)30(4)5/h29-30,32-36,38H,6,12-28H2,1-5,7-11H3,(H,47,57)(H,48,55)(H,49,54)(H,50,56)/t33-,34-,35-,36-,38+,46-/m0/s1. The first-order valence-electron chi connectivity index (χ1n) is 22.7. The molecule has 2 heterocycles. The number of hydrogen-bond acceptors (Lipinski definition) is 7. The Bertz CT molecular complexity index is 1510. The fraction of sp³-hybridized carbons (Fsp3) is 0.826. The lowest BCUT2D eigenvalue weighted by Crippen LogP contribution is -2.63. The molecule has 4 rings (SSSR count). The smallest absolute Gasteiger partial charge is 0.289 e. The van der Waals surface area contributed by atoms with Crippen molar-refractivity contribution in [1.29, 1.82) is 0 Å². The number of carbonyl (C=O) groups excluding carboxylic acids is 6. The van der Waals surface area contributed by atoms with E-state index in [1.54, 1.807) is 18.7 Å². The molecule has 4 N–H and O–H groups in total. The van der Waals surface area contributed by atoms with Crippen molar-refractivity contribution in [3.63, 3.8) is 0 Å². The zero-order chi connectivity index (χ0) is 43.2. The van der Waals surface area contributed by atoms with E-state index in [-0.39, 0.29) is 60.1 Å². The molecular weight excluding hydrogens is 733 g/mol. The van der Waals surface area contributed by atoms with Crippen LogP contribution in [-0.2, 0) is 28.8 Å². The number of rotatable bonds is 14. The number of ketones is 1. The highest BCUT2D eigenvalue weighted by atomic mass is 16.2. The molecule has 12 heteroatoms. The van der Waals surface area contributed by atoms with Crippen molar-refractivity contribution < 1.29 is 28.8 Å². The first-order chi connectivity index (χ1) is 27.1. The number of Topliss-reactive ketones (excluding diaryl/α,β-unsaturated/α-hetero) is 1. The van der Waals surface area contributed by atoms with Crippen molar-refractivity contribution in [3.8, 4) is 0 Å². The maximum atomic E-state index is 15.3. The van der Waals surface area contributed by atoms with Crippen molar-refractivity contribution >= 4 is 35.3 Å². The highest BCUT2D eigenvalue weighted by Gasteiger charge is 2.58. The van der Waals surface area contributed by atoms with Gasteiger partial charge in [-0.2, -0.15) is 0 Å². The molecule has 0 radical (unpaired) electrons. The minimum Gasteiger partial charge on any atom is -0.347 e. The molecule has 0 aromatic carbocycles. The quantitative estimate of drug-likeness (QED) is 0.125. The van der Waals surface area contributed by atoms with E-state index in [9.17, 15) is 24.0 Å². The second kappa shape index (κ2) is 19.9. The Labute approximate surface area is 349 Å². The molecule has 2 aliphatic carbocycles. The third-order valence-corrected chi connectivity index (χ3v) is 13.9. The van der Waals surface area contributed by atoms with Gasteiger partial charge in [-0.3, -0.25) is 33.7 Å². The van der Waals surface area contributed by atoms with E-state index < -0.39 is 52.6 Å². The molecule has 2 saturated carbocycles. The van der Waals surface area contributed by atoms with Gasteiger partial charge < -0.3 is 26.2 Å². The van der Waals surface area contributed by atoms with Gasteiger partial charge in [-0.1, -0.05) is 92.2 Å². The summed E-state index contributed by atoms with van der Waals surface area (Å²) in [6, 6.07) is -4.22. The molecule has 4 aliphatic rings. The van der Waals surface area contributed by atoms with E-state index >= 15 is 4.79 Å². The molecule has 0 aromatic heterocycles. The Hall–Kier alpha value is -3.28. The number of likely N-dealkylation sites (tertiary alicyclic amines) is 2. The highest BCUT2D eigenvalue weighted by molar-refractivity contribution is 6.38. The fourth-order valence-electron chi connectivity index (χ4n) is 10.3. The van der Waals surface area contributed by atoms with Crippen molar-refractivity contribution in [2.45, 2.75) is 208 Å². The second-order valence-electron chi connectivity index (χ2n) is 20.3. The van der Waals surface area contributed by atoms with Crippen molar-refractivity contribution in [3.05, 3.63) is 12.2 Å². The summed E-state index contributed by atoms with van der Waals surface area (Å²) < 4.78 is 0.